The van der Waals surface area contributed by atoms with Gasteiger partial charge in [0.15, 0.2) is 0 Å². The number of hydrogen-bond donors (Lipinski definition) is 2. The standard InChI is InChI=1S/C20H15NO5/c1-12(22)26-18-11-15-5-3-2-4-14(15)10-17(18)19(23)21-16-8-6-13(7-9-16)20(24)25/h2-11H,1H3,(H,21,23)(H,24,25). The number of nitrogens with one attached hydrogen (secondary N) is 1. The van der Waals surface area contributed by atoms with E-state index in [4.69, 9.17) is 9.84 Å². The van der Waals surface area contributed by atoms with Gasteiger partial charge < -0.3 is 15.2 Å². The van der Waals surface area contributed by atoms with Gasteiger partial charge in [0.1, 0.15) is 5.75 Å². The molecule has 6 nitrogen and oxygen atoms in total. The highest BCUT2D eigenvalue weighted by Crippen LogP contribution is 2.27. The molecule has 0 saturated carbocycles. The van der Waals surface area contributed by atoms with Crippen LogP contribution in [0.25, 0.3) is 10.8 Å². The second kappa shape index (κ2) is 7.06. The largest absolute Gasteiger partial charge is 0.478 e. The maximum absolute atomic E-state index is 12.7. The van der Waals surface area contributed by atoms with Gasteiger partial charge in [0.05, 0.1) is 11.1 Å². The van der Waals surface area contributed by atoms with Gasteiger partial charge in [-0.15, -0.1) is 0 Å². The lowest BCUT2D eigenvalue weighted by Crippen LogP contribution is -2.15. The summed E-state index contributed by atoms with van der Waals surface area (Å²) in [5, 5.41) is 13.3. The molecular weight excluding hydrogens is 334 g/mol. The molecule has 0 radical (unpaired) electrons. The molecule has 0 fully saturated rings. The van der Waals surface area contributed by atoms with Gasteiger partial charge in [-0.2, -0.15) is 0 Å². The molecule has 0 unspecified atom stereocenters. The monoisotopic (exact) mass is 349 g/mol. The third kappa shape index (κ3) is 3.70. The molecule has 0 aliphatic heterocycles. The van der Waals surface area contributed by atoms with Crippen molar-refractivity contribution in [1.82, 2.24) is 0 Å². The number of ether oxygens (including phenoxy) is 1. The van der Waals surface area contributed by atoms with E-state index in [1.807, 2.05) is 24.3 Å². The topological polar surface area (TPSA) is 92.7 Å². The smallest absolute Gasteiger partial charge is 0.335 e. The van der Waals surface area contributed by atoms with Crippen LogP contribution in [0.4, 0.5) is 5.69 Å². The summed E-state index contributed by atoms with van der Waals surface area (Å²) in [6.07, 6.45) is 0. The lowest BCUT2D eigenvalue weighted by molar-refractivity contribution is -0.131. The molecular formula is C20H15NO5. The van der Waals surface area contributed by atoms with E-state index >= 15 is 0 Å². The normalized spacial score (nSPS) is 10.3. The van der Waals surface area contributed by atoms with Crippen molar-refractivity contribution >= 4 is 34.3 Å². The van der Waals surface area contributed by atoms with Crippen LogP contribution in [0.3, 0.4) is 0 Å². The Balaban J connectivity index is 1.95. The number of carboxylic acid groups (broad SMARTS) is 1. The average molecular weight is 349 g/mol. The summed E-state index contributed by atoms with van der Waals surface area (Å²) in [5.41, 5.74) is 0.762. The van der Waals surface area contributed by atoms with Crippen LogP contribution in [0.5, 0.6) is 5.75 Å². The van der Waals surface area contributed by atoms with Gasteiger partial charge in [-0.05, 0) is 47.2 Å². The van der Waals surface area contributed by atoms with Gasteiger partial charge in [-0.25, -0.2) is 4.79 Å². The van der Waals surface area contributed by atoms with Crippen molar-refractivity contribution in [3.63, 3.8) is 0 Å². The number of carbonyl (C=O) groups excluding carboxylic acids is 2. The molecule has 3 aromatic rings. The zero-order chi connectivity index (χ0) is 18.7. The first-order chi connectivity index (χ1) is 12.4. The molecule has 0 aromatic heterocycles. The Hall–Kier alpha value is -3.67. The van der Waals surface area contributed by atoms with Crippen molar-refractivity contribution in [3.05, 3.63) is 71.8 Å². The van der Waals surface area contributed by atoms with Crippen LogP contribution < -0.4 is 10.1 Å². The van der Waals surface area contributed by atoms with Crippen LogP contribution >= 0.6 is 0 Å². The Bertz CT molecular complexity index is 1010. The van der Waals surface area contributed by atoms with Gasteiger partial charge in [-0.3, -0.25) is 9.59 Å². The highest BCUT2D eigenvalue weighted by Gasteiger charge is 2.16. The number of fused-ring (bicyclic) bond motifs is 1. The highest BCUT2D eigenvalue weighted by molar-refractivity contribution is 6.09. The zero-order valence-electron chi connectivity index (χ0n) is 13.9. The molecule has 6 heteroatoms. The van der Waals surface area contributed by atoms with Gasteiger partial charge >= 0.3 is 11.9 Å². The first-order valence-corrected chi connectivity index (χ1v) is 7.80. The van der Waals surface area contributed by atoms with Gasteiger partial charge in [0, 0.05) is 12.6 Å². The number of rotatable bonds is 4. The number of benzene rings is 3. The highest BCUT2D eigenvalue weighted by atomic mass is 16.5. The van der Waals surface area contributed by atoms with Crippen LogP contribution in [0, 0.1) is 0 Å². The van der Waals surface area contributed by atoms with Gasteiger partial charge in [-0.1, -0.05) is 24.3 Å². The average Bonchev–Trinajstić information content (AvgIpc) is 2.61. The van der Waals surface area contributed by atoms with E-state index in [0.29, 0.717) is 5.69 Å². The number of carbonyl (C=O) groups is 3. The molecule has 0 bridgehead atoms. The molecule has 0 aliphatic carbocycles. The van der Waals surface area contributed by atoms with Crippen molar-refractivity contribution in [2.24, 2.45) is 0 Å². The predicted molar refractivity (Wildman–Crippen MR) is 96.6 cm³/mol. The van der Waals surface area contributed by atoms with E-state index in [-0.39, 0.29) is 16.9 Å². The summed E-state index contributed by atoms with van der Waals surface area (Å²) in [6.45, 7) is 1.27. The molecule has 26 heavy (non-hydrogen) atoms. The van der Waals surface area contributed by atoms with E-state index in [0.717, 1.165) is 10.8 Å². The summed E-state index contributed by atoms with van der Waals surface area (Å²) in [5.74, 6) is -1.87. The molecule has 0 spiro atoms. The fourth-order valence-corrected chi connectivity index (χ4v) is 2.53. The third-order valence-corrected chi connectivity index (χ3v) is 3.74. The molecule has 3 aromatic carbocycles. The van der Waals surface area contributed by atoms with E-state index in [2.05, 4.69) is 5.32 Å². The Morgan fingerprint density at radius 2 is 1.54 bits per heavy atom. The summed E-state index contributed by atoms with van der Waals surface area (Å²) in [4.78, 5) is 34.9. The number of anilines is 1. The van der Waals surface area contributed by atoms with E-state index in [1.165, 1.54) is 31.2 Å². The number of hydrogen-bond acceptors (Lipinski definition) is 4. The molecule has 0 saturated heterocycles. The number of amides is 1. The van der Waals surface area contributed by atoms with Crippen LogP contribution in [0.2, 0.25) is 0 Å². The Labute approximate surface area is 149 Å². The van der Waals surface area contributed by atoms with Crippen molar-refractivity contribution < 1.29 is 24.2 Å². The maximum atomic E-state index is 12.7. The van der Waals surface area contributed by atoms with Crippen LogP contribution in [0.15, 0.2) is 60.7 Å². The first-order valence-electron chi connectivity index (χ1n) is 7.80. The molecule has 0 heterocycles. The minimum absolute atomic E-state index is 0.120. The van der Waals surface area contributed by atoms with Crippen molar-refractivity contribution in [3.8, 4) is 5.75 Å². The maximum Gasteiger partial charge on any atom is 0.335 e. The zero-order valence-corrected chi connectivity index (χ0v) is 13.9. The van der Waals surface area contributed by atoms with E-state index in [1.54, 1.807) is 12.1 Å². The molecule has 0 aliphatic rings. The minimum Gasteiger partial charge on any atom is -0.478 e. The molecule has 0 atom stereocenters. The predicted octanol–water partition coefficient (Wildman–Crippen LogP) is 3.72. The third-order valence-electron chi connectivity index (χ3n) is 3.74. The molecule has 2 N–H and O–H groups in total. The summed E-state index contributed by atoms with van der Waals surface area (Å²) >= 11 is 0. The quantitative estimate of drug-likeness (QED) is 0.553. The molecule has 130 valence electrons. The lowest BCUT2D eigenvalue weighted by atomic mass is 10.0. The summed E-state index contributed by atoms with van der Waals surface area (Å²) in [6, 6.07) is 16.5. The van der Waals surface area contributed by atoms with Gasteiger partial charge in [0.2, 0.25) is 0 Å². The fourth-order valence-electron chi connectivity index (χ4n) is 2.53. The van der Waals surface area contributed by atoms with Crippen molar-refractivity contribution in [1.29, 1.82) is 0 Å². The minimum atomic E-state index is -1.05. The van der Waals surface area contributed by atoms with Crippen molar-refractivity contribution in [2.45, 2.75) is 6.92 Å². The van der Waals surface area contributed by atoms with Crippen LogP contribution in [0.1, 0.15) is 27.6 Å². The molecule has 3 rings (SSSR count). The number of carboxylic acids is 1. The van der Waals surface area contributed by atoms with Crippen LogP contribution in [-0.4, -0.2) is 23.0 Å². The number of aromatic carboxylic acids is 1. The first kappa shape index (κ1) is 17.2. The molecule has 1 amide bonds. The summed E-state index contributed by atoms with van der Waals surface area (Å²) < 4.78 is 5.19. The Morgan fingerprint density at radius 1 is 0.923 bits per heavy atom. The SMILES string of the molecule is CC(=O)Oc1cc2ccccc2cc1C(=O)Nc1ccc(C(=O)O)cc1. The number of esters is 1. The fraction of sp³-hybridized carbons (Fsp3) is 0.0500. The summed E-state index contributed by atoms with van der Waals surface area (Å²) in [7, 11) is 0. The Kier molecular flexibility index (Phi) is 4.66. The van der Waals surface area contributed by atoms with Gasteiger partial charge in [0.25, 0.3) is 5.91 Å². The Morgan fingerprint density at radius 3 is 2.12 bits per heavy atom. The second-order valence-corrected chi connectivity index (χ2v) is 5.63. The van der Waals surface area contributed by atoms with Crippen LogP contribution in [-0.2, 0) is 4.79 Å². The van der Waals surface area contributed by atoms with Crippen molar-refractivity contribution in [2.75, 3.05) is 5.32 Å². The lowest BCUT2D eigenvalue weighted by Gasteiger charge is -2.11. The van der Waals surface area contributed by atoms with E-state index < -0.39 is 17.8 Å². The van der Waals surface area contributed by atoms with E-state index in [9.17, 15) is 14.4 Å². The second-order valence-electron chi connectivity index (χ2n) is 5.63.